The summed E-state index contributed by atoms with van der Waals surface area (Å²) < 4.78 is 15.0. The highest BCUT2D eigenvalue weighted by atomic mass is 32.1. The van der Waals surface area contributed by atoms with E-state index in [1.165, 1.54) is 22.5 Å². The minimum absolute atomic E-state index is 0.0559. The summed E-state index contributed by atoms with van der Waals surface area (Å²) in [6.07, 6.45) is 6.29. The van der Waals surface area contributed by atoms with Gasteiger partial charge in [-0.1, -0.05) is 6.42 Å². The maximum absolute atomic E-state index is 12.1. The van der Waals surface area contributed by atoms with E-state index in [2.05, 4.69) is 11.4 Å². The van der Waals surface area contributed by atoms with E-state index in [1.807, 2.05) is 0 Å². The van der Waals surface area contributed by atoms with Crippen molar-refractivity contribution in [3.05, 3.63) is 28.0 Å². The van der Waals surface area contributed by atoms with Crippen molar-refractivity contribution >= 4 is 28.2 Å². The van der Waals surface area contributed by atoms with Crippen molar-refractivity contribution in [3.63, 3.8) is 0 Å². The highest BCUT2D eigenvalue weighted by Gasteiger charge is 2.22. The van der Waals surface area contributed by atoms with Gasteiger partial charge in [-0.25, -0.2) is 4.79 Å². The van der Waals surface area contributed by atoms with Crippen LogP contribution in [0.2, 0.25) is 0 Å². The molecular formula is C17H18N2O5S. The van der Waals surface area contributed by atoms with Crippen LogP contribution in [-0.2, 0) is 36.6 Å². The van der Waals surface area contributed by atoms with E-state index in [4.69, 9.17) is 14.2 Å². The summed E-state index contributed by atoms with van der Waals surface area (Å²) in [6.45, 7) is 0.184. The number of hydrogen-bond acceptors (Lipinski definition) is 7. The first kappa shape index (κ1) is 17.3. The van der Waals surface area contributed by atoms with Crippen LogP contribution in [-0.4, -0.2) is 31.7 Å². The van der Waals surface area contributed by atoms with Crippen LogP contribution >= 0.6 is 11.3 Å². The van der Waals surface area contributed by atoms with E-state index >= 15 is 0 Å². The number of fused-ring (bicyclic) bond motifs is 1. The minimum atomic E-state index is -0.752. The number of nitrogens with zero attached hydrogens (tertiary/aromatic N) is 1. The molecule has 132 valence electrons. The van der Waals surface area contributed by atoms with Gasteiger partial charge in [-0.2, -0.15) is 5.26 Å². The molecule has 0 saturated carbocycles. The molecule has 0 atom stereocenters. The van der Waals surface area contributed by atoms with Gasteiger partial charge in [0.15, 0.2) is 6.61 Å². The fourth-order valence-corrected chi connectivity index (χ4v) is 4.05. The number of hydrogen-bond donors (Lipinski definition) is 1. The zero-order valence-corrected chi connectivity index (χ0v) is 14.4. The molecule has 1 aromatic heterocycles. The van der Waals surface area contributed by atoms with Gasteiger partial charge in [0.2, 0.25) is 5.76 Å². The minimum Gasteiger partial charge on any atom is -0.493 e. The Hall–Kier alpha value is -2.53. The molecule has 2 aliphatic rings. The van der Waals surface area contributed by atoms with Crippen molar-refractivity contribution < 1.29 is 23.8 Å². The number of nitriles is 1. The average Bonchev–Trinajstić information content (AvgIpc) is 2.79. The summed E-state index contributed by atoms with van der Waals surface area (Å²) in [5.41, 5.74) is 1.59. The zero-order chi connectivity index (χ0) is 17.6. The van der Waals surface area contributed by atoms with Gasteiger partial charge in [-0.3, -0.25) is 4.79 Å². The van der Waals surface area contributed by atoms with Crippen LogP contribution in [0.5, 0.6) is 0 Å². The standard InChI is InChI=1S/C17H18N2O5S/c18-8-12-11-4-2-1-3-5-14(11)25-16(12)19-15(20)10-24-17(21)13-9-22-6-7-23-13/h9H,1-7,10H2,(H,19,20). The van der Waals surface area contributed by atoms with E-state index < -0.39 is 18.5 Å². The first-order chi connectivity index (χ1) is 12.2. The summed E-state index contributed by atoms with van der Waals surface area (Å²) in [6, 6.07) is 2.20. The number of ether oxygens (including phenoxy) is 3. The molecule has 0 radical (unpaired) electrons. The predicted octanol–water partition coefficient (Wildman–Crippen LogP) is 2.26. The molecule has 0 bridgehead atoms. The first-order valence-electron chi connectivity index (χ1n) is 8.15. The second-order valence-electron chi connectivity index (χ2n) is 5.71. The third kappa shape index (κ3) is 4.12. The molecule has 0 fully saturated rings. The second-order valence-corrected chi connectivity index (χ2v) is 6.81. The van der Waals surface area contributed by atoms with Gasteiger partial charge in [0.25, 0.3) is 5.91 Å². The quantitative estimate of drug-likeness (QED) is 0.652. The highest BCUT2D eigenvalue weighted by molar-refractivity contribution is 7.16. The fraction of sp³-hybridized carbons (Fsp3) is 0.471. The SMILES string of the molecule is N#Cc1c(NC(=O)COC(=O)C2=COCCO2)sc2c1CCCCC2. The lowest BCUT2D eigenvalue weighted by Crippen LogP contribution is -2.23. The highest BCUT2D eigenvalue weighted by Crippen LogP contribution is 2.36. The molecule has 2 heterocycles. The van der Waals surface area contributed by atoms with Crippen LogP contribution in [0.4, 0.5) is 5.00 Å². The van der Waals surface area contributed by atoms with Crippen molar-refractivity contribution in [3.8, 4) is 6.07 Å². The van der Waals surface area contributed by atoms with E-state index in [0.717, 1.165) is 37.7 Å². The van der Waals surface area contributed by atoms with Crippen molar-refractivity contribution in [1.82, 2.24) is 0 Å². The molecule has 25 heavy (non-hydrogen) atoms. The number of aryl methyl sites for hydroxylation is 1. The molecular weight excluding hydrogens is 344 g/mol. The number of anilines is 1. The van der Waals surface area contributed by atoms with Crippen molar-refractivity contribution in [2.45, 2.75) is 32.1 Å². The summed E-state index contributed by atoms with van der Waals surface area (Å²) in [7, 11) is 0. The van der Waals surface area contributed by atoms with Crippen molar-refractivity contribution in [2.75, 3.05) is 25.1 Å². The van der Waals surface area contributed by atoms with Gasteiger partial charge in [-0.15, -0.1) is 11.3 Å². The van der Waals surface area contributed by atoms with Crippen LogP contribution in [0.15, 0.2) is 12.0 Å². The number of esters is 1. The molecule has 7 nitrogen and oxygen atoms in total. The van der Waals surface area contributed by atoms with Crippen LogP contribution in [0, 0.1) is 11.3 Å². The monoisotopic (exact) mass is 362 g/mol. The smallest absolute Gasteiger partial charge is 0.377 e. The van der Waals surface area contributed by atoms with Crippen LogP contribution < -0.4 is 5.32 Å². The summed E-state index contributed by atoms with van der Waals surface area (Å²) in [5, 5.41) is 12.7. The Labute approximate surface area is 149 Å². The Kier molecular flexibility index (Phi) is 5.56. The van der Waals surface area contributed by atoms with Crippen molar-refractivity contribution in [2.24, 2.45) is 0 Å². The Morgan fingerprint density at radius 3 is 2.88 bits per heavy atom. The molecule has 0 saturated heterocycles. The molecule has 8 heteroatoms. The first-order valence-corrected chi connectivity index (χ1v) is 8.97. The van der Waals surface area contributed by atoms with E-state index in [-0.39, 0.29) is 12.4 Å². The Balaban J connectivity index is 1.60. The Morgan fingerprint density at radius 1 is 1.28 bits per heavy atom. The number of thiophene rings is 1. The Bertz CT molecular complexity index is 747. The molecule has 1 amide bonds. The lowest BCUT2D eigenvalue weighted by Gasteiger charge is -2.14. The lowest BCUT2D eigenvalue weighted by molar-refractivity contribution is -0.148. The van der Waals surface area contributed by atoms with Gasteiger partial charge in [0.1, 0.15) is 30.5 Å². The number of amides is 1. The number of rotatable bonds is 4. The number of carbonyl (C=O) groups is 2. The van der Waals surface area contributed by atoms with Gasteiger partial charge < -0.3 is 19.5 Å². The van der Waals surface area contributed by atoms with E-state index in [1.54, 1.807) is 0 Å². The second kappa shape index (κ2) is 8.03. The van der Waals surface area contributed by atoms with Gasteiger partial charge in [-0.05, 0) is 31.2 Å². The number of nitrogens with one attached hydrogen (secondary N) is 1. The van der Waals surface area contributed by atoms with Crippen LogP contribution in [0.1, 0.15) is 35.3 Å². The summed E-state index contributed by atoms with van der Waals surface area (Å²) >= 11 is 1.44. The molecule has 3 rings (SSSR count). The lowest BCUT2D eigenvalue weighted by atomic mass is 10.1. The molecule has 0 aromatic carbocycles. The largest absolute Gasteiger partial charge is 0.493 e. The fourth-order valence-electron chi connectivity index (χ4n) is 2.79. The Morgan fingerprint density at radius 2 is 2.12 bits per heavy atom. The molecule has 1 aliphatic heterocycles. The zero-order valence-electron chi connectivity index (χ0n) is 13.6. The normalized spacial score (nSPS) is 16.2. The topological polar surface area (TPSA) is 97.7 Å². The maximum atomic E-state index is 12.1. The molecule has 1 aliphatic carbocycles. The van der Waals surface area contributed by atoms with E-state index in [0.29, 0.717) is 17.2 Å². The summed E-state index contributed by atoms with van der Waals surface area (Å²) in [5.74, 6) is -1.30. The molecule has 1 N–H and O–H groups in total. The third-order valence-corrected chi connectivity index (χ3v) is 5.18. The third-order valence-electron chi connectivity index (χ3n) is 3.97. The van der Waals surface area contributed by atoms with Crippen LogP contribution in [0.3, 0.4) is 0 Å². The van der Waals surface area contributed by atoms with Crippen LogP contribution in [0.25, 0.3) is 0 Å². The van der Waals surface area contributed by atoms with Gasteiger partial charge in [0, 0.05) is 4.88 Å². The van der Waals surface area contributed by atoms with E-state index in [9.17, 15) is 14.9 Å². The van der Waals surface area contributed by atoms with Gasteiger partial charge in [0.05, 0.1) is 5.56 Å². The average molecular weight is 362 g/mol. The molecule has 0 spiro atoms. The summed E-state index contributed by atoms with van der Waals surface area (Å²) in [4.78, 5) is 25.0. The maximum Gasteiger partial charge on any atom is 0.377 e. The molecule has 0 unspecified atom stereocenters. The van der Waals surface area contributed by atoms with Crippen molar-refractivity contribution in [1.29, 1.82) is 5.26 Å². The molecule has 1 aromatic rings. The van der Waals surface area contributed by atoms with Gasteiger partial charge >= 0.3 is 5.97 Å². The predicted molar refractivity (Wildman–Crippen MR) is 89.9 cm³/mol. The number of carbonyl (C=O) groups excluding carboxylic acids is 2.